The molecule has 0 aromatic heterocycles. The van der Waals surface area contributed by atoms with E-state index in [0.29, 0.717) is 26.1 Å². The molecular weight excluding hydrogens is 364 g/mol. The Labute approximate surface area is 163 Å². The summed E-state index contributed by atoms with van der Waals surface area (Å²) in [7, 11) is 0. The first-order valence-electron chi connectivity index (χ1n) is 9.21. The average molecular weight is 389 g/mol. The summed E-state index contributed by atoms with van der Waals surface area (Å²) in [5, 5.41) is 5.57. The van der Waals surface area contributed by atoms with Crippen molar-refractivity contribution in [2.45, 2.75) is 19.9 Å². The van der Waals surface area contributed by atoms with Gasteiger partial charge in [0, 0.05) is 13.1 Å². The Balaban J connectivity index is 1.68. The molecule has 2 rings (SSSR count). The van der Waals surface area contributed by atoms with E-state index in [1.165, 1.54) is 24.3 Å². The minimum atomic E-state index is -0.322. The highest BCUT2D eigenvalue weighted by atomic mass is 19.1. The lowest BCUT2D eigenvalue weighted by Gasteiger charge is -2.19. The monoisotopic (exact) mass is 389 g/mol. The van der Waals surface area contributed by atoms with Crippen LogP contribution in [0, 0.1) is 11.6 Å². The Morgan fingerprint density at radius 3 is 1.86 bits per heavy atom. The summed E-state index contributed by atoms with van der Waals surface area (Å²) in [5.41, 5.74) is 1.74. The number of rotatable bonds is 10. The maximum absolute atomic E-state index is 12.9. The molecule has 0 atom stereocenters. The van der Waals surface area contributed by atoms with Gasteiger partial charge in [-0.25, -0.2) is 8.78 Å². The zero-order valence-corrected chi connectivity index (χ0v) is 15.9. The largest absolute Gasteiger partial charge is 0.355 e. The third-order valence-electron chi connectivity index (χ3n) is 4.23. The molecule has 0 aliphatic rings. The van der Waals surface area contributed by atoms with Crippen LogP contribution in [0.4, 0.5) is 8.78 Å². The molecule has 0 bridgehead atoms. The number of hydrogen-bond acceptors (Lipinski definition) is 3. The zero-order valence-electron chi connectivity index (χ0n) is 15.9. The summed E-state index contributed by atoms with van der Waals surface area (Å²) in [6.07, 6.45) is 0.607. The smallest absolute Gasteiger partial charge is 0.234 e. The van der Waals surface area contributed by atoms with Gasteiger partial charge >= 0.3 is 0 Å². The molecule has 0 spiro atoms. The molecule has 0 saturated carbocycles. The third kappa shape index (κ3) is 7.84. The van der Waals surface area contributed by atoms with Crippen molar-refractivity contribution in [1.82, 2.24) is 15.5 Å². The van der Waals surface area contributed by atoms with Gasteiger partial charge in [0.15, 0.2) is 0 Å². The van der Waals surface area contributed by atoms with Crippen LogP contribution < -0.4 is 10.6 Å². The number of halogens is 2. The topological polar surface area (TPSA) is 61.4 Å². The highest BCUT2D eigenvalue weighted by Crippen LogP contribution is 2.03. The fraction of sp³-hybridized carbons (Fsp3) is 0.333. The normalized spacial score (nSPS) is 10.7. The molecule has 0 aliphatic heterocycles. The van der Waals surface area contributed by atoms with Gasteiger partial charge in [-0.1, -0.05) is 31.2 Å². The van der Waals surface area contributed by atoms with Gasteiger partial charge in [0.05, 0.1) is 13.1 Å². The van der Waals surface area contributed by atoms with E-state index >= 15 is 0 Å². The molecule has 28 heavy (non-hydrogen) atoms. The zero-order chi connectivity index (χ0) is 20.4. The van der Waals surface area contributed by atoms with Crippen LogP contribution in [0.25, 0.3) is 0 Å². The van der Waals surface area contributed by atoms with Crippen molar-refractivity contribution in [2.24, 2.45) is 0 Å². The number of carbonyl (C=O) groups is 2. The van der Waals surface area contributed by atoms with Crippen molar-refractivity contribution in [3.05, 3.63) is 71.3 Å². The van der Waals surface area contributed by atoms with Crippen molar-refractivity contribution in [3.8, 4) is 0 Å². The Morgan fingerprint density at radius 2 is 1.32 bits per heavy atom. The summed E-state index contributed by atoms with van der Waals surface area (Å²) >= 11 is 0. The number of amides is 2. The lowest BCUT2D eigenvalue weighted by Crippen LogP contribution is -2.43. The SMILES string of the molecule is CCN(CC(=O)NCCc1ccc(F)cc1)CC(=O)NCc1ccc(F)cc1. The van der Waals surface area contributed by atoms with Gasteiger partial charge in [-0.05, 0) is 48.4 Å². The molecule has 150 valence electrons. The van der Waals surface area contributed by atoms with E-state index in [1.807, 2.05) is 6.92 Å². The van der Waals surface area contributed by atoms with Crippen LogP contribution in [0.15, 0.2) is 48.5 Å². The van der Waals surface area contributed by atoms with Crippen LogP contribution in [0.3, 0.4) is 0 Å². The summed E-state index contributed by atoms with van der Waals surface area (Å²) in [5.74, 6) is -0.984. The predicted molar refractivity (Wildman–Crippen MR) is 103 cm³/mol. The number of hydrogen-bond donors (Lipinski definition) is 2. The molecule has 0 unspecified atom stereocenters. The van der Waals surface area contributed by atoms with Gasteiger partial charge in [0.2, 0.25) is 11.8 Å². The van der Waals surface area contributed by atoms with Crippen LogP contribution in [0.5, 0.6) is 0 Å². The number of nitrogens with zero attached hydrogens (tertiary/aromatic N) is 1. The second kappa shape index (κ2) is 11.1. The van der Waals surface area contributed by atoms with E-state index in [4.69, 9.17) is 0 Å². The molecule has 0 fully saturated rings. The molecule has 0 heterocycles. The van der Waals surface area contributed by atoms with Crippen LogP contribution >= 0.6 is 0 Å². The van der Waals surface area contributed by atoms with Crippen LogP contribution in [0.2, 0.25) is 0 Å². The first kappa shape index (κ1) is 21.5. The number of likely N-dealkylation sites (N-methyl/N-ethyl adjacent to an activating group) is 1. The lowest BCUT2D eigenvalue weighted by atomic mass is 10.1. The van der Waals surface area contributed by atoms with Crippen molar-refractivity contribution in [1.29, 1.82) is 0 Å². The van der Waals surface area contributed by atoms with E-state index in [9.17, 15) is 18.4 Å². The molecular formula is C21H25F2N3O2. The quantitative estimate of drug-likeness (QED) is 0.655. The van der Waals surface area contributed by atoms with Gasteiger partial charge in [0.1, 0.15) is 11.6 Å². The highest BCUT2D eigenvalue weighted by molar-refractivity contribution is 5.81. The molecule has 2 amide bonds. The maximum Gasteiger partial charge on any atom is 0.234 e. The minimum absolute atomic E-state index is 0.100. The van der Waals surface area contributed by atoms with Crippen LogP contribution in [0.1, 0.15) is 18.1 Å². The van der Waals surface area contributed by atoms with Gasteiger partial charge in [-0.2, -0.15) is 0 Å². The number of nitrogens with one attached hydrogen (secondary N) is 2. The highest BCUT2D eigenvalue weighted by Gasteiger charge is 2.13. The lowest BCUT2D eigenvalue weighted by molar-refractivity contribution is -0.125. The van der Waals surface area contributed by atoms with Crippen molar-refractivity contribution in [3.63, 3.8) is 0 Å². The Morgan fingerprint density at radius 1 is 0.821 bits per heavy atom. The Hall–Kier alpha value is -2.80. The predicted octanol–water partition coefficient (Wildman–Crippen LogP) is 2.26. The second-order valence-corrected chi connectivity index (χ2v) is 6.43. The van der Waals surface area contributed by atoms with Gasteiger partial charge in [-0.15, -0.1) is 0 Å². The van der Waals surface area contributed by atoms with E-state index in [1.54, 1.807) is 29.2 Å². The summed E-state index contributed by atoms with van der Waals surface area (Å²) in [6, 6.07) is 12.1. The minimum Gasteiger partial charge on any atom is -0.355 e. The van der Waals surface area contributed by atoms with Crippen molar-refractivity contribution >= 4 is 11.8 Å². The second-order valence-electron chi connectivity index (χ2n) is 6.43. The van der Waals surface area contributed by atoms with Gasteiger partial charge in [0.25, 0.3) is 0 Å². The molecule has 2 N–H and O–H groups in total. The molecule has 2 aromatic rings. The van der Waals surface area contributed by atoms with Crippen LogP contribution in [-0.2, 0) is 22.6 Å². The molecule has 2 aromatic carbocycles. The van der Waals surface area contributed by atoms with E-state index in [2.05, 4.69) is 10.6 Å². The first-order valence-corrected chi connectivity index (χ1v) is 9.21. The fourth-order valence-electron chi connectivity index (χ4n) is 2.60. The Kier molecular flexibility index (Phi) is 8.55. The summed E-state index contributed by atoms with van der Waals surface area (Å²) < 4.78 is 25.7. The molecule has 5 nitrogen and oxygen atoms in total. The molecule has 0 radical (unpaired) electrons. The standard InChI is InChI=1S/C21H25F2N3O2/c1-2-26(15-21(28)25-13-17-5-9-19(23)10-6-17)14-20(27)24-12-11-16-3-7-18(22)8-4-16/h3-10H,2,11-15H2,1H3,(H,24,27)(H,25,28). The summed E-state index contributed by atoms with van der Waals surface area (Å²) in [6.45, 7) is 3.39. The third-order valence-corrected chi connectivity index (χ3v) is 4.23. The average Bonchev–Trinajstić information content (AvgIpc) is 2.68. The van der Waals surface area contributed by atoms with E-state index in [0.717, 1.165) is 11.1 Å². The maximum atomic E-state index is 12.9. The summed E-state index contributed by atoms with van der Waals surface area (Å²) in [4.78, 5) is 25.9. The van der Waals surface area contributed by atoms with Crippen LogP contribution in [-0.4, -0.2) is 42.9 Å². The van der Waals surface area contributed by atoms with E-state index < -0.39 is 0 Å². The first-order chi connectivity index (χ1) is 13.5. The van der Waals surface area contributed by atoms with Crippen molar-refractivity contribution in [2.75, 3.05) is 26.2 Å². The fourth-order valence-corrected chi connectivity index (χ4v) is 2.60. The molecule has 0 saturated heterocycles. The van der Waals surface area contributed by atoms with E-state index in [-0.39, 0.29) is 36.5 Å². The number of carbonyl (C=O) groups excluding carboxylic acids is 2. The molecule has 0 aliphatic carbocycles. The molecule has 7 heteroatoms. The van der Waals surface area contributed by atoms with Gasteiger partial charge < -0.3 is 10.6 Å². The number of benzene rings is 2. The Bertz CT molecular complexity index is 764. The van der Waals surface area contributed by atoms with Crippen molar-refractivity contribution < 1.29 is 18.4 Å². The van der Waals surface area contributed by atoms with Gasteiger partial charge in [-0.3, -0.25) is 14.5 Å².